The van der Waals surface area contributed by atoms with Gasteiger partial charge in [-0.1, -0.05) is 18.2 Å². The van der Waals surface area contributed by atoms with Gasteiger partial charge in [0.15, 0.2) is 0 Å². The van der Waals surface area contributed by atoms with Crippen molar-refractivity contribution in [3.8, 4) is 0 Å². The van der Waals surface area contributed by atoms with E-state index < -0.39 is 16.1 Å². The van der Waals surface area contributed by atoms with Crippen molar-refractivity contribution >= 4 is 20.9 Å². The number of aromatic nitrogens is 1. The lowest BCUT2D eigenvalue weighted by Gasteiger charge is -2.22. The van der Waals surface area contributed by atoms with Crippen LogP contribution in [0.4, 0.5) is 0 Å². The van der Waals surface area contributed by atoms with Crippen LogP contribution in [0.25, 0.3) is 10.9 Å². The number of methoxy groups -OCH3 is 1. The molecule has 2 aromatic rings. The standard InChI is InChI=1S/C15H18N2O4S/c1-21-13-8-12(10-18)17(9-13)22(19,20)14-6-2-4-11-5-3-7-16-15(11)14/h2-7,12-13,18H,8-10H2,1H3/t12-,13-/m0/s1. The van der Waals surface area contributed by atoms with Crippen LogP contribution >= 0.6 is 0 Å². The number of fused-ring (bicyclic) bond motifs is 1. The Kier molecular flexibility index (Phi) is 4.14. The summed E-state index contributed by atoms with van der Waals surface area (Å²) in [6.45, 7) is 0.0184. The van der Waals surface area contributed by atoms with Crippen LogP contribution in [0.5, 0.6) is 0 Å². The highest BCUT2D eigenvalue weighted by Crippen LogP contribution is 2.30. The third-order valence-corrected chi connectivity index (χ3v) is 6.00. The number of pyridine rings is 1. The van der Waals surface area contributed by atoms with Crippen LogP contribution in [0.15, 0.2) is 41.4 Å². The predicted octanol–water partition coefficient (Wildman–Crippen LogP) is 1.01. The number of hydrogen-bond acceptors (Lipinski definition) is 5. The van der Waals surface area contributed by atoms with E-state index >= 15 is 0 Å². The van der Waals surface area contributed by atoms with Crippen molar-refractivity contribution in [1.29, 1.82) is 0 Å². The quantitative estimate of drug-likeness (QED) is 0.908. The molecular weight excluding hydrogens is 304 g/mol. The molecule has 0 spiro atoms. The van der Waals surface area contributed by atoms with Crippen LogP contribution in [0.3, 0.4) is 0 Å². The average Bonchev–Trinajstić information content (AvgIpc) is 2.98. The molecule has 1 aliphatic rings. The number of para-hydroxylation sites is 1. The Labute approximate surface area is 129 Å². The lowest BCUT2D eigenvalue weighted by Crippen LogP contribution is -2.38. The summed E-state index contributed by atoms with van der Waals surface area (Å²) < 4.78 is 32.6. The average molecular weight is 322 g/mol. The van der Waals surface area contributed by atoms with Crippen LogP contribution in [-0.4, -0.2) is 55.2 Å². The molecule has 1 aromatic carbocycles. The zero-order chi connectivity index (χ0) is 15.7. The molecule has 1 aromatic heterocycles. The van der Waals surface area contributed by atoms with Crippen molar-refractivity contribution in [3.05, 3.63) is 36.5 Å². The molecule has 0 amide bonds. The second-order valence-electron chi connectivity index (χ2n) is 5.34. The first-order chi connectivity index (χ1) is 10.6. The van der Waals surface area contributed by atoms with Gasteiger partial charge >= 0.3 is 0 Å². The second-order valence-corrected chi connectivity index (χ2v) is 7.19. The van der Waals surface area contributed by atoms with E-state index in [4.69, 9.17) is 4.74 Å². The van der Waals surface area contributed by atoms with E-state index in [0.717, 1.165) is 5.39 Å². The van der Waals surface area contributed by atoms with Crippen molar-refractivity contribution in [2.75, 3.05) is 20.3 Å². The third-order valence-electron chi connectivity index (χ3n) is 4.05. The number of benzene rings is 1. The monoisotopic (exact) mass is 322 g/mol. The van der Waals surface area contributed by atoms with Crippen LogP contribution in [-0.2, 0) is 14.8 Å². The van der Waals surface area contributed by atoms with E-state index in [0.29, 0.717) is 11.9 Å². The van der Waals surface area contributed by atoms with E-state index in [1.54, 1.807) is 31.5 Å². The van der Waals surface area contributed by atoms with Gasteiger partial charge in [-0.15, -0.1) is 0 Å². The Morgan fingerprint density at radius 3 is 2.86 bits per heavy atom. The van der Waals surface area contributed by atoms with E-state index in [2.05, 4.69) is 4.98 Å². The van der Waals surface area contributed by atoms with Crippen LogP contribution < -0.4 is 0 Å². The van der Waals surface area contributed by atoms with Gasteiger partial charge in [-0.05, 0) is 18.6 Å². The van der Waals surface area contributed by atoms with Gasteiger partial charge in [0, 0.05) is 25.2 Å². The molecule has 0 unspecified atom stereocenters. The van der Waals surface area contributed by atoms with Gasteiger partial charge in [0.05, 0.1) is 24.3 Å². The minimum absolute atomic E-state index is 0.167. The zero-order valence-electron chi connectivity index (χ0n) is 12.2. The second kappa shape index (κ2) is 5.92. The van der Waals surface area contributed by atoms with Crippen molar-refractivity contribution < 1.29 is 18.3 Å². The summed E-state index contributed by atoms with van der Waals surface area (Å²) in [5.41, 5.74) is 0.447. The van der Waals surface area contributed by atoms with E-state index in [1.807, 2.05) is 12.1 Å². The molecule has 1 aliphatic heterocycles. The number of aliphatic hydroxyl groups is 1. The molecule has 0 aliphatic carbocycles. The van der Waals surface area contributed by atoms with Crippen LogP contribution in [0, 0.1) is 0 Å². The summed E-state index contributed by atoms with van der Waals surface area (Å²) in [4.78, 5) is 4.38. The largest absolute Gasteiger partial charge is 0.395 e. The van der Waals surface area contributed by atoms with E-state index in [9.17, 15) is 13.5 Å². The molecule has 118 valence electrons. The maximum absolute atomic E-state index is 13.0. The molecule has 2 heterocycles. The Hall–Kier alpha value is -1.54. The summed E-state index contributed by atoms with van der Waals surface area (Å²) in [6, 6.07) is 8.22. The third kappa shape index (κ3) is 2.50. The lowest BCUT2D eigenvalue weighted by molar-refractivity contribution is 0.113. The molecule has 22 heavy (non-hydrogen) atoms. The Balaban J connectivity index is 2.09. The first kappa shape index (κ1) is 15.4. The number of rotatable bonds is 4. The summed E-state index contributed by atoms with van der Waals surface area (Å²) in [5.74, 6) is 0. The minimum atomic E-state index is -3.74. The molecule has 7 heteroatoms. The summed E-state index contributed by atoms with van der Waals surface area (Å²) in [5, 5.41) is 10.3. The summed E-state index contributed by atoms with van der Waals surface area (Å²) >= 11 is 0. The fourth-order valence-electron chi connectivity index (χ4n) is 2.89. The van der Waals surface area contributed by atoms with E-state index in [-0.39, 0.29) is 24.2 Å². The molecule has 0 radical (unpaired) electrons. The maximum atomic E-state index is 13.0. The Morgan fingerprint density at radius 1 is 1.36 bits per heavy atom. The fraction of sp³-hybridized carbons (Fsp3) is 0.400. The number of sulfonamides is 1. The molecule has 1 fully saturated rings. The topological polar surface area (TPSA) is 79.7 Å². The molecule has 2 atom stereocenters. The van der Waals surface area contributed by atoms with Crippen LogP contribution in [0.1, 0.15) is 6.42 Å². The summed E-state index contributed by atoms with van der Waals surface area (Å²) in [6.07, 6.45) is 1.87. The van der Waals surface area contributed by atoms with Crippen LogP contribution in [0.2, 0.25) is 0 Å². The van der Waals surface area contributed by atoms with Gasteiger partial charge in [0.2, 0.25) is 10.0 Å². The molecule has 1 saturated heterocycles. The molecule has 0 saturated carbocycles. The Bertz CT molecular complexity index is 773. The first-order valence-corrected chi connectivity index (χ1v) is 8.51. The van der Waals surface area contributed by atoms with E-state index in [1.165, 1.54) is 4.31 Å². The van der Waals surface area contributed by atoms with Crippen molar-refractivity contribution in [1.82, 2.24) is 9.29 Å². The van der Waals surface area contributed by atoms with Crippen molar-refractivity contribution in [3.63, 3.8) is 0 Å². The van der Waals surface area contributed by atoms with Gasteiger partial charge < -0.3 is 9.84 Å². The molecule has 3 rings (SSSR count). The van der Waals surface area contributed by atoms with Gasteiger partial charge in [-0.25, -0.2) is 8.42 Å². The first-order valence-electron chi connectivity index (χ1n) is 7.07. The fourth-order valence-corrected chi connectivity index (χ4v) is 4.71. The van der Waals surface area contributed by atoms with Crippen molar-refractivity contribution in [2.24, 2.45) is 0 Å². The Morgan fingerprint density at radius 2 is 2.14 bits per heavy atom. The molecule has 6 nitrogen and oxygen atoms in total. The van der Waals surface area contributed by atoms with Gasteiger partial charge in [-0.3, -0.25) is 4.98 Å². The number of hydrogen-bond donors (Lipinski definition) is 1. The number of ether oxygens (including phenoxy) is 1. The highest BCUT2D eigenvalue weighted by Gasteiger charge is 2.40. The molecular formula is C15H18N2O4S. The summed E-state index contributed by atoms with van der Waals surface area (Å²) in [7, 11) is -2.19. The number of aliphatic hydroxyl groups excluding tert-OH is 1. The zero-order valence-corrected chi connectivity index (χ0v) is 13.0. The highest BCUT2D eigenvalue weighted by atomic mass is 32.2. The SMILES string of the molecule is CO[C@H]1C[C@@H](CO)N(S(=O)(=O)c2cccc3cccnc23)C1. The lowest BCUT2D eigenvalue weighted by atomic mass is 10.2. The normalized spacial score (nSPS) is 23.2. The van der Waals surface area contributed by atoms with Crippen molar-refractivity contribution in [2.45, 2.75) is 23.5 Å². The predicted molar refractivity (Wildman–Crippen MR) is 81.9 cm³/mol. The van der Waals surface area contributed by atoms with Gasteiger partial charge in [0.25, 0.3) is 0 Å². The molecule has 1 N–H and O–H groups in total. The van der Waals surface area contributed by atoms with Gasteiger partial charge in [-0.2, -0.15) is 4.31 Å². The number of nitrogens with zero attached hydrogens (tertiary/aromatic N) is 2. The smallest absolute Gasteiger partial charge is 0.245 e. The minimum Gasteiger partial charge on any atom is -0.395 e. The maximum Gasteiger partial charge on any atom is 0.245 e. The highest BCUT2D eigenvalue weighted by molar-refractivity contribution is 7.89. The van der Waals surface area contributed by atoms with Gasteiger partial charge in [0.1, 0.15) is 4.90 Å². The molecule has 0 bridgehead atoms.